The van der Waals surface area contributed by atoms with Crippen molar-refractivity contribution in [3.63, 3.8) is 0 Å². The minimum Gasteiger partial charge on any atom is -0.497 e. The van der Waals surface area contributed by atoms with Gasteiger partial charge in [-0.05, 0) is 44.2 Å². The molecule has 0 aliphatic heterocycles. The number of aryl methyl sites for hydroxylation is 1. The minimum absolute atomic E-state index is 0.0239. The van der Waals surface area contributed by atoms with E-state index in [9.17, 15) is 4.79 Å². The minimum atomic E-state index is -0.0239. The number of amides is 1. The fourth-order valence-corrected chi connectivity index (χ4v) is 3.63. The molecular weight excluding hydrogens is 362 g/mol. The lowest BCUT2D eigenvalue weighted by atomic mass is 10.2. The van der Waals surface area contributed by atoms with Crippen LogP contribution in [0.15, 0.2) is 41.9 Å². The summed E-state index contributed by atoms with van der Waals surface area (Å²) in [4.78, 5) is 18.9. The van der Waals surface area contributed by atoms with Gasteiger partial charge in [-0.1, -0.05) is 0 Å². The second kappa shape index (κ2) is 8.26. The number of thiazole rings is 1. The highest BCUT2D eigenvalue weighted by molar-refractivity contribution is 7.12. The molecule has 0 aliphatic rings. The Labute approximate surface area is 163 Å². The van der Waals surface area contributed by atoms with Crippen LogP contribution in [0.25, 0.3) is 5.13 Å². The van der Waals surface area contributed by atoms with Gasteiger partial charge in [-0.3, -0.25) is 9.36 Å². The molecule has 3 rings (SSSR count). The summed E-state index contributed by atoms with van der Waals surface area (Å²) in [6.45, 7) is 4.84. The molecule has 0 saturated carbocycles. The lowest BCUT2D eigenvalue weighted by molar-refractivity contribution is 0.0773. The van der Waals surface area contributed by atoms with Crippen LogP contribution >= 0.6 is 11.3 Å². The lowest BCUT2D eigenvalue weighted by Gasteiger charge is -2.17. The predicted molar refractivity (Wildman–Crippen MR) is 106 cm³/mol. The topological polar surface area (TPSA) is 56.6 Å². The molecule has 1 amide bonds. The van der Waals surface area contributed by atoms with Crippen molar-refractivity contribution in [2.45, 2.75) is 13.8 Å². The fourth-order valence-electron chi connectivity index (χ4n) is 2.88. The molecule has 0 atom stereocenters. The molecule has 3 aromatic rings. The molecule has 0 bridgehead atoms. The van der Waals surface area contributed by atoms with E-state index in [1.165, 1.54) is 0 Å². The number of ether oxygens (including phenoxy) is 2. The molecular formula is C20H23N3O3S. The third kappa shape index (κ3) is 4.14. The van der Waals surface area contributed by atoms with Gasteiger partial charge in [-0.15, -0.1) is 11.3 Å². The highest BCUT2D eigenvalue weighted by Crippen LogP contribution is 2.23. The molecule has 0 unspecified atom stereocenters. The first-order chi connectivity index (χ1) is 13.0. The Morgan fingerprint density at radius 2 is 1.93 bits per heavy atom. The van der Waals surface area contributed by atoms with Crippen LogP contribution in [0, 0.1) is 13.8 Å². The van der Waals surface area contributed by atoms with E-state index in [1.807, 2.05) is 54.1 Å². The molecule has 0 saturated heterocycles. The third-order valence-electron chi connectivity index (χ3n) is 4.37. The number of hydrogen-bond donors (Lipinski definition) is 0. The second-order valence-corrected chi connectivity index (χ2v) is 7.06. The van der Waals surface area contributed by atoms with Gasteiger partial charge < -0.3 is 14.4 Å². The largest absolute Gasteiger partial charge is 0.497 e. The maximum atomic E-state index is 12.9. The fraction of sp³-hybridized carbons (Fsp3) is 0.300. The molecule has 142 valence electrons. The number of carbonyl (C=O) groups excluding carboxylic acids is 1. The number of likely N-dealkylation sites (N-methyl/N-ethyl adjacent to an activating group) is 1. The molecule has 0 N–H and O–H groups in total. The number of benzene rings is 1. The Balaban J connectivity index is 1.62. The summed E-state index contributed by atoms with van der Waals surface area (Å²) in [6.07, 6.45) is 1.77. The van der Waals surface area contributed by atoms with Crippen LogP contribution in [0.4, 0.5) is 0 Å². The van der Waals surface area contributed by atoms with Crippen LogP contribution in [0.5, 0.6) is 11.5 Å². The maximum absolute atomic E-state index is 12.9. The number of carbonyl (C=O) groups is 1. The van der Waals surface area contributed by atoms with Crippen molar-refractivity contribution in [3.05, 3.63) is 58.9 Å². The Morgan fingerprint density at radius 1 is 1.22 bits per heavy atom. The van der Waals surface area contributed by atoms with Crippen molar-refractivity contribution in [3.8, 4) is 16.6 Å². The Hall–Kier alpha value is -2.80. The van der Waals surface area contributed by atoms with Crippen molar-refractivity contribution >= 4 is 17.2 Å². The molecule has 2 heterocycles. The van der Waals surface area contributed by atoms with Crippen LogP contribution < -0.4 is 9.47 Å². The van der Waals surface area contributed by atoms with Gasteiger partial charge in [0.05, 0.1) is 19.2 Å². The Bertz CT molecular complexity index is 901. The van der Waals surface area contributed by atoms with Crippen molar-refractivity contribution in [2.24, 2.45) is 0 Å². The van der Waals surface area contributed by atoms with E-state index in [0.717, 1.165) is 28.0 Å². The van der Waals surface area contributed by atoms with E-state index in [2.05, 4.69) is 4.98 Å². The molecule has 2 aromatic heterocycles. The predicted octanol–water partition coefficient (Wildman–Crippen LogP) is 3.71. The Morgan fingerprint density at radius 3 is 2.56 bits per heavy atom. The molecule has 0 aliphatic carbocycles. The van der Waals surface area contributed by atoms with Crippen molar-refractivity contribution < 1.29 is 14.3 Å². The summed E-state index contributed by atoms with van der Waals surface area (Å²) in [5.74, 6) is 1.51. The number of hydrogen-bond acceptors (Lipinski definition) is 5. The average Bonchev–Trinajstić information content (AvgIpc) is 3.29. The summed E-state index contributed by atoms with van der Waals surface area (Å²) >= 11 is 1.55. The standard InChI is InChI=1S/C20H23N3O3S/c1-14-13-18(15(2)23(14)20-21-9-12-27-20)19(24)22(3)10-11-26-17-7-5-16(25-4)6-8-17/h5-9,12-13H,10-11H2,1-4H3. The van der Waals surface area contributed by atoms with Crippen molar-refractivity contribution in [1.82, 2.24) is 14.5 Å². The summed E-state index contributed by atoms with van der Waals surface area (Å²) in [6, 6.07) is 9.31. The monoisotopic (exact) mass is 385 g/mol. The van der Waals surface area contributed by atoms with Gasteiger partial charge in [0.2, 0.25) is 0 Å². The van der Waals surface area contributed by atoms with Gasteiger partial charge in [0.25, 0.3) is 5.91 Å². The molecule has 27 heavy (non-hydrogen) atoms. The van der Waals surface area contributed by atoms with Gasteiger partial charge in [0.15, 0.2) is 5.13 Å². The van der Waals surface area contributed by atoms with E-state index < -0.39 is 0 Å². The van der Waals surface area contributed by atoms with Gasteiger partial charge in [0.1, 0.15) is 18.1 Å². The number of nitrogens with zero attached hydrogens (tertiary/aromatic N) is 3. The molecule has 0 radical (unpaired) electrons. The zero-order valence-corrected chi connectivity index (χ0v) is 16.7. The quantitative estimate of drug-likeness (QED) is 0.622. The first kappa shape index (κ1) is 19.0. The number of rotatable bonds is 7. The SMILES string of the molecule is COc1ccc(OCCN(C)C(=O)c2cc(C)n(-c3nccs3)c2C)cc1. The maximum Gasteiger partial charge on any atom is 0.255 e. The average molecular weight is 385 g/mol. The highest BCUT2D eigenvalue weighted by atomic mass is 32.1. The Kier molecular flexibility index (Phi) is 5.81. The van der Waals surface area contributed by atoms with Crippen LogP contribution in [0.2, 0.25) is 0 Å². The van der Waals surface area contributed by atoms with Crippen LogP contribution in [-0.2, 0) is 0 Å². The van der Waals surface area contributed by atoms with Gasteiger partial charge in [-0.2, -0.15) is 0 Å². The van der Waals surface area contributed by atoms with Crippen LogP contribution in [0.1, 0.15) is 21.7 Å². The van der Waals surface area contributed by atoms with E-state index in [-0.39, 0.29) is 5.91 Å². The van der Waals surface area contributed by atoms with Gasteiger partial charge >= 0.3 is 0 Å². The first-order valence-corrected chi connectivity index (χ1v) is 9.50. The van der Waals surface area contributed by atoms with E-state index >= 15 is 0 Å². The summed E-state index contributed by atoms with van der Waals surface area (Å²) in [5.41, 5.74) is 2.58. The molecule has 1 aromatic carbocycles. The molecule has 0 spiro atoms. The van der Waals surface area contributed by atoms with Crippen LogP contribution in [-0.4, -0.2) is 47.7 Å². The summed E-state index contributed by atoms with van der Waals surface area (Å²) in [5, 5.41) is 2.80. The zero-order valence-electron chi connectivity index (χ0n) is 15.9. The smallest absolute Gasteiger partial charge is 0.255 e. The number of methoxy groups -OCH3 is 1. The van der Waals surface area contributed by atoms with Gasteiger partial charge in [0, 0.05) is 30.0 Å². The van der Waals surface area contributed by atoms with E-state index in [4.69, 9.17) is 9.47 Å². The van der Waals surface area contributed by atoms with Crippen LogP contribution in [0.3, 0.4) is 0 Å². The molecule has 0 fully saturated rings. The van der Waals surface area contributed by atoms with E-state index in [0.29, 0.717) is 18.7 Å². The summed E-state index contributed by atoms with van der Waals surface area (Å²) < 4.78 is 12.9. The normalized spacial score (nSPS) is 10.7. The molecule has 7 heteroatoms. The second-order valence-electron chi connectivity index (χ2n) is 6.19. The highest BCUT2D eigenvalue weighted by Gasteiger charge is 2.20. The lowest BCUT2D eigenvalue weighted by Crippen LogP contribution is -2.31. The molecule has 6 nitrogen and oxygen atoms in total. The number of aromatic nitrogens is 2. The zero-order chi connectivity index (χ0) is 19.4. The van der Waals surface area contributed by atoms with E-state index in [1.54, 1.807) is 36.6 Å². The third-order valence-corrected chi connectivity index (χ3v) is 5.13. The van der Waals surface area contributed by atoms with Crippen molar-refractivity contribution in [2.75, 3.05) is 27.3 Å². The first-order valence-electron chi connectivity index (χ1n) is 8.62. The van der Waals surface area contributed by atoms with Gasteiger partial charge in [-0.25, -0.2) is 4.98 Å². The van der Waals surface area contributed by atoms with Crippen molar-refractivity contribution in [1.29, 1.82) is 0 Å². The summed E-state index contributed by atoms with van der Waals surface area (Å²) in [7, 11) is 3.41.